The Morgan fingerprint density at radius 3 is 1.53 bits per heavy atom. The van der Waals surface area contributed by atoms with Gasteiger partial charge in [0, 0.05) is 0 Å². The van der Waals surface area contributed by atoms with Gasteiger partial charge < -0.3 is 5.73 Å². The molecule has 0 aromatic heterocycles. The van der Waals surface area contributed by atoms with Crippen molar-refractivity contribution in [2.45, 2.75) is 42.5 Å². The largest absolute Gasteiger partial charge is 0.460 e. The topological polar surface area (TPSA) is 50.7 Å². The van der Waals surface area contributed by atoms with Crippen molar-refractivity contribution in [2.75, 3.05) is 6.54 Å². The number of hydrogen-bond donors (Lipinski definition) is 1. The summed E-state index contributed by atoms with van der Waals surface area (Å²) in [5.41, 5.74) is 4.97. The molecule has 0 atom stereocenters. The van der Waals surface area contributed by atoms with Gasteiger partial charge >= 0.3 is 36.0 Å². The summed E-state index contributed by atoms with van der Waals surface area (Å²) in [6, 6.07) is 0. The van der Waals surface area contributed by atoms with E-state index < -0.39 is 76.7 Å². The van der Waals surface area contributed by atoms with Crippen LogP contribution in [0.15, 0.2) is 21.1 Å². The summed E-state index contributed by atoms with van der Waals surface area (Å²) in [5.74, 6) is -29.9. The zero-order chi connectivity index (χ0) is 24.0. The summed E-state index contributed by atoms with van der Waals surface area (Å²) >= 11 is -0.862. The lowest BCUT2D eigenvalue weighted by Gasteiger charge is -2.32. The molecule has 0 fully saturated rings. The predicted molar refractivity (Wildman–Crippen MR) is 76.1 cm³/mol. The summed E-state index contributed by atoms with van der Waals surface area (Å²) in [4.78, 5) is 4.33. The number of hydrogen-bond acceptors (Lipinski definition) is 4. The van der Waals surface area contributed by atoms with Crippen molar-refractivity contribution in [3.05, 3.63) is 11.1 Å². The van der Waals surface area contributed by atoms with Crippen LogP contribution < -0.4 is 5.73 Å². The van der Waals surface area contributed by atoms with Crippen LogP contribution in [0.25, 0.3) is 0 Å². The second-order valence-electron chi connectivity index (χ2n) is 5.37. The van der Waals surface area contributed by atoms with Crippen molar-refractivity contribution in [2.24, 2.45) is 15.7 Å². The molecule has 174 valence electrons. The smallest absolute Gasteiger partial charge is 0.330 e. The summed E-state index contributed by atoms with van der Waals surface area (Å²) in [5, 5.41) is -4.15. The van der Waals surface area contributed by atoms with Crippen LogP contribution >= 0.6 is 11.8 Å². The Kier molecular flexibility index (Phi) is 6.90. The summed E-state index contributed by atoms with van der Waals surface area (Å²) in [6.45, 7) is -0.397. The van der Waals surface area contributed by atoms with Crippen molar-refractivity contribution in [1.29, 1.82) is 0 Å². The van der Waals surface area contributed by atoms with E-state index in [9.17, 15) is 61.5 Å². The van der Waals surface area contributed by atoms with Crippen molar-refractivity contribution < 1.29 is 61.5 Å². The SMILES string of the molecule is NCCC=C1N=C(C(F)(F)C(F)(F)C(F)(F)F)N=C(C(F)(F)C(F)(F)C(F)(F)F)S1. The molecule has 1 rings (SSSR count). The van der Waals surface area contributed by atoms with Crippen LogP contribution in [-0.4, -0.2) is 53.5 Å². The van der Waals surface area contributed by atoms with Gasteiger partial charge in [0.15, 0.2) is 5.04 Å². The fraction of sp³-hybridized carbons (Fsp3) is 0.667. The van der Waals surface area contributed by atoms with E-state index in [1.54, 1.807) is 0 Å². The molecule has 0 unspecified atom stereocenters. The van der Waals surface area contributed by atoms with Gasteiger partial charge in [-0.15, -0.1) is 0 Å². The fourth-order valence-electron chi connectivity index (χ4n) is 1.57. The number of alkyl halides is 14. The molecule has 3 nitrogen and oxygen atoms in total. The Bertz CT molecular complexity index is 746. The van der Waals surface area contributed by atoms with E-state index in [4.69, 9.17) is 5.73 Å². The highest BCUT2D eigenvalue weighted by molar-refractivity contribution is 8.17. The second kappa shape index (κ2) is 7.83. The molecule has 1 heterocycles. The minimum Gasteiger partial charge on any atom is -0.330 e. The molecule has 2 N–H and O–H groups in total. The zero-order valence-electron chi connectivity index (χ0n) is 13.7. The van der Waals surface area contributed by atoms with Crippen molar-refractivity contribution in [1.82, 2.24) is 0 Å². The van der Waals surface area contributed by atoms with Crippen LogP contribution in [0.4, 0.5) is 61.5 Å². The fourth-order valence-corrected chi connectivity index (χ4v) is 2.49. The van der Waals surface area contributed by atoms with Gasteiger partial charge in [0.05, 0.1) is 0 Å². The Morgan fingerprint density at radius 2 is 1.13 bits per heavy atom. The Hall–Kier alpha value is -1.59. The predicted octanol–water partition coefficient (Wildman–Crippen LogP) is 5.39. The van der Waals surface area contributed by atoms with Crippen LogP contribution in [0.1, 0.15) is 6.42 Å². The minimum atomic E-state index is -6.99. The number of aliphatic imine (C=N–C) groups is 2. The molecule has 30 heavy (non-hydrogen) atoms. The van der Waals surface area contributed by atoms with Crippen molar-refractivity contribution >= 4 is 22.6 Å². The van der Waals surface area contributed by atoms with Gasteiger partial charge in [0.25, 0.3) is 0 Å². The lowest BCUT2D eigenvalue weighted by molar-refractivity contribution is -0.337. The maximum absolute atomic E-state index is 13.8. The average molecular weight is 491 g/mol. The highest BCUT2D eigenvalue weighted by Crippen LogP contribution is 2.52. The van der Waals surface area contributed by atoms with Gasteiger partial charge in [-0.3, -0.25) is 0 Å². The van der Waals surface area contributed by atoms with E-state index in [0.29, 0.717) is 6.08 Å². The molecule has 0 saturated heterocycles. The standard InChI is InChI=1S/C12H7F14N3S/c13-7(14,9(17,18)11(21,22)23)5-28-4(2-1-3-27)30-6(29-5)8(15,16)10(19,20)12(24,25)26/h2H,1,3,27H2. The summed E-state index contributed by atoms with van der Waals surface area (Å²) in [7, 11) is 0. The third-order valence-electron chi connectivity index (χ3n) is 3.16. The zero-order valence-corrected chi connectivity index (χ0v) is 14.5. The van der Waals surface area contributed by atoms with E-state index in [2.05, 4.69) is 4.99 Å². The number of nitrogens with zero attached hydrogens (tertiary/aromatic N) is 2. The molecule has 18 heteroatoms. The first kappa shape index (κ1) is 26.4. The maximum Gasteiger partial charge on any atom is 0.460 e. The van der Waals surface area contributed by atoms with Gasteiger partial charge in [0.1, 0.15) is 5.03 Å². The molecular formula is C12H7F14N3S. The van der Waals surface area contributed by atoms with Crippen molar-refractivity contribution in [3.8, 4) is 0 Å². The average Bonchev–Trinajstić information content (AvgIpc) is 2.57. The van der Waals surface area contributed by atoms with Gasteiger partial charge in [-0.2, -0.15) is 61.5 Å². The molecule has 0 amide bonds. The Balaban J connectivity index is 3.70. The van der Waals surface area contributed by atoms with Gasteiger partial charge in [-0.25, -0.2) is 9.98 Å². The first-order chi connectivity index (χ1) is 13.1. The molecule has 0 bridgehead atoms. The molecule has 0 saturated carbocycles. The van der Waals surface area contributed by atoms with E-state index >= 15 is 0 Å². The summed E-state index contributed by atoms with van der Waals surface area (Å²) < 4.78 is 181. The van der Waals surface area contributed by atoms with Crippen molar-refractivity contribution in [3.63, 3.8) is 0 Å². The molecule has 0 aromatic rings. The van der Waals surface area contributed by atoms with E-state index in [-0.39, 0.29) is 0 Å². The van der Waals surface area contributed by atoms with Gasteiger partial charge in [-0.1, -0.05) is 6.08 Å². The third-order valence-corrected chi connectivity index (χ3v) is 4.17. The van der Waals surface area contributed by atoms with Crippen LogP contribution in [-0.2, 0) is 0 Å². The Labute approximate surface area is 161 Å². The van der Waals surface area contributed by atoms with Crippen LogP contribution in [0.3, 0.4) is 0 Å². The monoisotopic (exact) mass is 491 g/mol. The van der Waals surface area contributed by atoms with E-state index in [1.165, 1.54) is 0 Å². The maximum atomic E-state index is 13.8. The minimum absolute atomic E-state index is 0.397. The van der Waals surface area contributed by atoms with Crippen LogP contribution in [0, 0.1) is 0 Å². The summed E-state index contributed by atoms with van der Waals surface area (Å²) in [6.07, 6.45) is -14.0. The second-order valence-corrected chi connectivity index (χ2v) is 6.38. The normalized spacial score (nSPS) is 19.1. The Morgan fingerprint density at radius 1 is 0.700 bits per heavy atom. The molecule has 1 aliphatic rings. The highest BCUT2D eigenvalue weighted by atomic mass is 32.2. The molecule has 0 radical (unpaired) electrons. The van der Waals surface area contributed by atoms with Gasteiger partial charge in [-0.05, 0) is 24.7 Å². The number of amidine groups is 1. The first-order valence-electron chi connectivity index (χ1n) is 7.05. The lowest BCUT2D eigenvalue weighted by Crippen LogP contribution is -2.58. The number of nitrogens with two attached hydrogens (primary N) is 1. The first-order valence-corrected chi connectivity index (χ1v) is 7.87. The highest BCUT2D eigenvalue weighted by Gasteiger charge is 2.78. The molecule has 0 aromatic carbocycles. The quantitative estimate of drug-likeness (QED) is 0.507. The molecule has 1 aliphatic heterocycles. The van der Waals surface area contributed by atoms with Gasteiger partial charge in [0.2, 0.25) is 5.84 Å². The molecular weight excluding hydrogens is 484 g/mol. The lowest BCUT2D eigenvalue weighted by atomic mass is 10.1. The molecule has 0 aliphatic carbocycles. The molecule has 0 spiro atoms. The van der Waals surface area contributed by atoms with E-state index in [0.717, 1.165) is 0 Å². The number of thioether (sulfide) groups is 1. The third kappa shape index (κ3) is 4.38. The van der Waals surface area contributed by atoms with E-state index in [1.807, 2.05) is 4.99 Å². The van der Waals surface area contributed by atoms with Crippen LogP contribution in [0.5, 0.6) is 0 Å². The van der Waals surface area contributed by atoms with Crippen LogP contribution in [0.2, 0.25) is 0 Å². The number of rotatable bonds is 6. The number of halogens is 14.